The first kappa shape index (κ1) is 46.9. The summed E-state index contributed by atoms with van der Waals surface area (Å²) in [6, 6.07) is 0. The van der Waals surface area contributed by atoms with Gasteiger partial charge in [0.25, 0.3) is 0 Å². The fraction of sp³-hybridized carbons (Fsp3) is 0.953. The summed E-state index contributed by atoms with van der Waals surface area (Å²) in [6.45, 7) is 7.82. The molecule has 1 atom stereocenters. The summed E-state index contributed by atoms with van der Waals surface area (Å²) in [5.74, 6) is -0.388. The minimum Gasteiger partial charge on any atom is -0.462 e. The van der Waals surface area contributed by atoms with E-state index in [0.717, 1.165) is 32.1 Å². The summed E-state index contributed by atoms with van der Waals surface area (Å²) in [5.41, 5.74) is 0. The average Bonchev–Trinajstić information content (AvgIpc) is 3.08. The normalized spacial score (nSPS) is 12.0. The Morgan fingerprint density at radius 2 is 0.688 bits per heavy atom. The van der Waals surface area contributed by atoms with E-state index >= 15 is 0 Å². The van der Waals surface area contributed by atoms with Crippen LogP contribution < -0.4 is 0 Å². The van der Waals surface area contributed by atoms with Gasteiger partial charge in [-0.1, -0.05) is 207 Å². The third-order valence-corrected chi connectivity index (χ3v) is 9.64. The van der Waals surface area contributed by atoms with Crippen molar-refractivity contribution in [2.45, 2.75) is 245 Å². The summed E-state index contributed by atoms with van der Waals surface area (Å²) in [5, 5.41) is 0. The SMILES string of the molecule is CCCCCCCCCCCCCCCCCCCC(=O)OCC(COCCCCCCCCCC)OC(=O)CCCCCCCCC. The Morgan fingerprint density at radius 1 is 0.375 bits per heavy atom. The van der Waals surface area contributed by atoms with Crippen LogP contribution in [0.3, 0.4) is 0 Å². The Labute approximate surface area is 300 Å². The number of hydrogen-bond donors (Lipinski definition) is 0. The van der Waals surface area contributed by atoms with Gasteiger partial charge in [-0.2, -0.15) is 0 Å². The van der Waals surface area contributed by atoms with Crippen LogP contribution in [0.1, 0.15) is 239 Å². The zero-order valence-corrected chi connectivity index (χ0v) is 32.8. The summed E-state index contributed by atoms with van der Waals surface area (Å²) >= 11 is 0. The minimum absolute atomic E-state index is 0.0952. The molecule has 0 aliphatic carbocycles. The zero-order valence-electron chi connectivity index (χ0n) is 32.8. The highest BCUT2D eigenvalue weighted by Gasteiger charge is 2.17. The highest BCUT2D eigenvalue weighted by molar-refractivity contribution is 5.70. The lowest BCUT2D eigenvalue weighted by Crippen LogP contribution is -2.30. The maximum atomic E-state index is 12.5. The molecule has 0 saturated heterocycles. The van der Waals surface area contributed by atoms with Crippen molar-refractivity contribution < 1.29 is 23.8 Å². The lowest BCUT2D eigenvalue weighted by Gasteiger charge is -2.18. The largest absolute Gasteiger partial charge is 0.462 e. The zero-order chi connectivity index (χ0) is 35.0. The first-order valence-corrected chi connectivity index (χ1v) is 21.6. The molecule has 0 N–H and O–H groups in total. The Hall–Kier alpha value is -1.10. The average molecular weight is 681 g/mol. The predicted octanol–water partition coefficient (Wildman–Crippen LogP) is 13.8. The number of unbranched alkanes of at least 4 members (excludes halogenated alkanes) is 29. The third-order valence-electron chi connectivity index (χ3n) is 9.64. The molecule has 0 spiro atoms. The van der Waals surface area contributed by atoms with Gasteiger partial charge in [0.2, 0.25) is 0 Å². The number of hydrogen-bond acceptors (Lipinski definition) is 5. The monoisotopic (exact) mass is 681 g/mol. The van der Waals surface area contributed by atoms with E-state index < -0.39 is 6.10 Å². The molecule has 0 heterocycles. The maximum absolute atomic E-state index is 12.5. The van der Waals surface area contributed by atoms with Gasteiger partial charge < -0.3 is 14.2 Å². The van der Waals surface area contributed by atoms with Gasteiger partial charge in [0.15, 0.2) is 6.10 Å². The lowest BCUT2D eigenvalue weighted by atomic mass is 10.0. The molecule has 1 unspecified atom stereocenters. The molecule has 0 saturated carbocycles. The van der Waals surface area contributed by atoms with Crippen molar-refractivity contribution in [3.63, 3.8) is 0 Å². The van der Waals surface area contributed by atoms with E-state index in [-0.39, 0.29) is 18.5 Å². The van der Waals surface area contributed by atoms with E-state index in [9.17, 15) is 9.59 Å². The molecule has 0 aromatic heterocycles. The van der Waals surface area contributed by atoms with Crippen LogP contribution in [0.15, 0.2) is 0 Å². The number of carbonyl (C=O) groups is 2. The van der Waals surface area contributed by atoms with E-state index in [1.807, 2.05) is 0 Å². The van der Waals surface area contributed by atoms with Gasteiger partial charge in [-0.3, -0.25) is 9.59 Å². The van der Waals surface area contributed by atoms with Crippen molar-refractivity contribution in [2.75, 3.05) is 19.8 Å². The van der Waals surface area contributed by atoms with Crippen LogP contribution in [0.25, 0.3) is 0 Å². The first-order valence-electron chi connectivity index (χ1n) is 21.6. The molecule has 5 heteroatoms. The molecule has 0 aromatic rings. The smallest absolute Gasteiger partial charge is 0.306 e. The van der Waals surface area contributed by atoms with Crippen molar-refractivity contribution in [3.05, 3.63) is 0 Å². The van der Waals surface area contributed by atoms with Gasteiger partial charge in [0.05, 0.1) is 6.61 Å². The van der Waals surface area contributed by atoms with Crippen molar-refractivity contribution in [1.82, 2.24) is 0 Å². The Morgan fingerprint density at radius 3 is 1.06 bits per heavy atom. The van der Waals surface area contributed by atoms with Gasteiger partial charge in [0, 0.05) is 19.4 Å². The molecule has 0 amide bonds. The second kappa shape index (κ2) is 40.3. The van der Waals surface area contributed by atoms with Gasteiger partial charge in [-0.05, 0) is 19.3 Å². The number of carbonyl (C=O) groups excluding carboxylic acids is 2. The summed E-state index contributed by atoms with van der Waals surface area (Å²) in [4.78, 5) is 25.0. The standard InChI is InChI=1S/C43H84O5/c1-4-7-10-13-16-18-19-20-21-22-23-24-25-26-28-30-33-36-42(44)47-40-41(39-46-38-35-32-29-17-14-11-8-5-2)48-43(45)37-34-31-27-15-12-9-6-3/h41H,4-40H2,1-3H3. The van der Waals surface area contributed by atoms with Crippen molar-refractivity contribution in [3.8, 4) is 0 Å². The first-order chi connectivity index (χ1) is 23.6. The van der Waals surface area contributed by atoms with Crippen LogP contribution in [0.4, 0.5) is 0 Å². The molecular formula is C43H84O5. The lowest BCUT2D eigenvalue weighted by molar-refractivity contribution is -0.163. The number of rotatable bonds is 40. The summed E-state index contributed by atoms with van der Waals surface area (Å²) < 4.78 is 17.2. The molecule has 0 bridgehead atoms. The van der Waals surface area contributed by atoms with Crippen molar-refractivity contribution in [2.24, 2.45) is 0 Å². The molecule has 0 aliphatic rings. The summed E-state index contributed by atoms with van der Waals surface area (Å²) in [7, 11) is 0. The maximum Gasteiger partial charge on any atom is 0.306 e. The molecule has 48 heavy (non-hydrogen) atoms. The predicted molar refractivity (Wildman–Crippen MR) is 206 cm³/mol. The second-order valence-electron chi connectivity index (χ2n) is 14.6. The molecule has 0 radical (unpaired) electrons. The van der Waals surface area contributed by atoms with E-state index in [2.05, 4.69) is 20.8 Å². The van der Waals surface area contributed by atoms with E-state index in [4.69, 9.17) is 14.2 Å². The van der Waals surface area contributed by atoms with Crippen LogP contribution in [-0.2, 0) is 23.8 Å². The van der Waals surface area contributed by atoms with Crippen molar-refractivity contribution >= 4 is 11.9 Å². The quantitative estimate of drug-likeness (QED) is 0.0476. The van der Waals surface area contributed by atoms with Gasteiger partial charge in [-0.15, -0.1) is 0 Å². The fourth-order valence-corrected chi connectivity index (χ4v) is 6.39. The van der Waals surface area contributed by atoms with E-state index in [1.54, 1.807) is 0 Å². The van der Waals surface area contributed by atoms with Crippen LogP contribution in [0.5, 0.6) is 0 Å². The third kappa shape index (κ3) is 37.7. The molecule has 0 aliphatic heterocycles. The topological polar surface area (TPSA) is 61.8 Å². The molecule has 0 fully saturated rings. The number of esters is 2. The second-order valence-corrected chi connectivity index (χ2v) is 14.6. The van der Waals surface area contributed by atoms with Gasteiger partial charge in [0.1, 0.15) is 6.61 Å². The molecule has 5 nitrogen and oxygen atoms in total. The van der Waals surface area contributed by atoms with Crippen LogP contribution in [0, 0.1) is 0 Å². The molecular weight excluding hydrogens is 596 g/mol. The van der Waals surface area contributed by atoms with Gasteiger partial charge >= 0.3 is 11.9 Å². The van der Waals surface area contributed by atoms with Crippen molar-refractivity contribution in [1.29, 1.82) is 0 Å². The molecule has 0 rings (SSSR count). The fourth-order valence-electron chi connectivity index (χ4n) is 6.39. The molecule has 0 aromatic carbocycles. The molecule has 286 valence electrons. The Kier molecular flexibility index (Phi) is 39.4. The van der Waals surface area contributed by atoms with E-state index in [1.165, 1.54) is 173 Å². The highest BCUT2D eigenvalue weighted by atomic mass is 16.6. The number of ether oxygens (including phenoxy) is 3. The summed E-state index contributed by atoms with van der Waals surface area (Å²) in [6.07, 6.45) is 41.1. The minimum atomic E-state index is -0.518. The Balaban J connectivity index is 4.02. The van der Waals surface area contributed by atoms with Crippen LogP contribution >= 0.6 is 0 Å². The van der Waals surface area contributed by atoms with Crippen LogP contribution in [-0.4, -0.2) is 37.9 Å². The Bertz CT molecular complexity index is 651. The highest BCUT2D eigenvalue weighted by Crippen LogP contribution is 2.15. The van der Waals surface area contributed by atoms with Crippen LogP contribution in [0.2, 0.25) is 0 Å². The van der Waals surface area contributed by atoms with Gasteiger partial charge in [-0.25, -0.2) is 0 Å². The van der Waals surface area contributed by atoms with E-state index in [0.29, 0.717) is 26.1 Å².